The number of aryl methyl sites for hydroxylation is 2. The van der Waals surface area contributed by atoms with Gasteiger partial charge in [0.25, 0.3) is 6.71 Å². The summed E-state index contributed by atoms with van der Waals surface area (Å²) in [5, 5.41) is 14.1. The number of anilines is 1. The number of aromatic nitrogens is 2. The summed E-state index contributed by atoms with van der Waals surface area (Å²) in [6.45, 7) is 6.21. The minimum absolute atomic E-state index is 0.392. The van der Waals surface area contributed by atoms with Gasteiger partial charge in [-0.25, -0.2) is 5.26 Å². The lowest BCUT2D eigenvalue weighted by molar-refractivity contribution is 0.728. The number of rotatable bonds is 3. The second-order valence-electron chi connectivity index (χ2n) is 9.07. The van der Waals surface area contributed by atoms with Gasteiger partial charge in [0.05, 0.1) is 0 Å². The molecule has 0 unspecified atom stereocenters. The van der Waals surface area contributed by atoms with Crippen molar-refractivity contribution in [1.82, 2.24) is 9.78 Å². The molecule has 36 heavy (non-hydrogen) atoms. The van der Waals surface area contributed by atoms with Crippen molar-refractivity contribution in [3.05, 3.63) is 46.8 Å². The molecule has 4 rings (SSSR count). The highest BCUT2D eigenvalue weighted by molar-refractivity contribution is 7.21. The molecular formula is C27H38BN7S. The molecule has 1 aromatic carbocycles. The van der Waals surface area contributed by atoms with Gasteiger partial charge in [-0.2, -0.15) is 5.10 Å². The number of nitrogen functional groups attached to an aromatic ring is 1. The third-order valence-electron chi connectivity index (χ3n) is 6.02. The molecule has 3 heterocycles. The summed E-state index contributed by atoms with van der Waals surface area (Å²) in [4.78, 5) is 10.1. The molecule has 0 bridgehead atoms. The highest BCUT2D eigenvalue weighted by Gasteiger charge is 2.16. The predicted octanol–water partition coefficient (Wildman–Crippen LogP) is 5.91. The van der Waals surface area contributed by atoms with Crippen LogP contribution in [0.1, 0.15) is 44.2 Å². The van der Waals surface area contributed by atoms with Gasteiger partial charge in [-0.1, -0.05) is 31.9 Å². The lowest BCUT2D eigenvalue weighted by atomic mass is 9.43. The van der Waals surface area contributed by atoms with Crippen molar-refractivity contribution in [2.24, 2.45) is 22.8 Å². The molecule has 1 aliphatic rings. The van der Waals surface area contributed by atoms with Crippen molar-refractivity contribution in [3.63, 3.8) is 0 Å². The molecule has 7 nitrogen and oxygen atoms in total. The van der Waals surface area contributed by atoms with E-state index < -0.39 is 0 Å². The SMILES string of the molecule is CN=C/C(C)=C(/C)N.CN=Cc1cc(-c2cc3cn(C)nc3s2)cc(C)c1N.N#CB1CCCCC1. The predicted molar refractivity (Wildman–Crippen MR) is 159 cm³/mol. The van der Waals surface area contributed by atoms with Crippen LogP contribution in [-0.2, 0) is 7.05 Å². The van der Waals surface area contributed by atoms with E-state index in [1.54, 1.807) is 37.9 Å². The Morgan fingerprint density at radius 2 is 1.86 bits per heavy atom. The largest absolute Gasteiger partial charge is 0.402 e. The first-order valence-electron chi connectivity index (χ1n) is 12.2. The first-order chi connectivity index (χ1) is 17.2. The van der Waals surface area contributed by atoms with Gasteiger partial charge >= 0.3 is 0 Å². The Balaban J connectivity index is 0.000000236. The quantitative estimate of drug-likeness (QED) is 0.262. The maximum atomic E-state index is 8.44. The van der Waals surface area contributed by atoms with E-state index in [0.717, 1.165) is 51.1 Å². The second kappa shape index (κ2) is 14.2. The van der Waals surface area contributed by atoms with Gasteiger partial charge in [0.15, 0.2) is 0 Å². The number of thiophene rings is 1. The molecule has 0 amide bonds. The number of nitrogens with zero attached hydrogens (tertiary/aromatic N) is 5. The van der Waals surface area contributed by atoms with E-state index in [0.29, 0.717) is 6.71 Å². The van der Waals surface area contributed by atoms with Crippen LogP contribution in [0.5, 0.6) is 0 Å². The van der Waals surface area contributed by atoms with Crippen molar-refractivity contribution in [2.75, 3.05) is 19.8 Å². The Labute approximate surface area is 219 Å². The first-order valence-corrected chi connectivity index (χ1v) is 13.0. The van der Waals surface area contributed by atoms with Crippen LogP contribution in [0.2, 0.25) is 12.6 Å². The standard InChI is InChI=1S/C15H16N4S.C6H10BN.C6H12N2/c1-9-4-10(5-11(7-17-2)14(9)16)13-6-12-8-19(3)18-15(12)20-13;8-6-7-4-2-1-3-5-7;1-5(4-8-3)6(2)7/h4-8H,16H2,1-3H3;1-5H2;4H,7H2,1-3H3/b;;6-5-,8-4?. The average Bonchev–Trinajstić information content (AvgIpc) is 3.41. The molecule has 0 spiro atoms. The summed E-state index contributed by atoms with van der Waals surface area (Å²) in [5.74, 6) is 2.30. The smallest absolute Gasteiger partial charge is 0.267 e. The van der Waals surface area contributed by atoms with Crippen LogP contribution >= 0.6 is 11.3 Å². The van der Waals surface area contributed by atoms with Gasteiger partial charge in [0, 0.05) is 72.9 Å². The summed E-state index contributed by atoms with van der Waals surface area (Å²) < 4.78 is 1.84. The maximum Gasteiger partial charge on any atom is 0.267 e. The zero-order valence-electron chi connectivity index (χ0n) is 22.4. The Kier molecular flexibility index (Phi) is 11.4. The highest BCUT2D eigenvalue weighted by atomic mass is 32.1. The van der Waals surface area contributed by atoms with E-state index >= 15 is 0 Å². The van der Waals surface area contributed by atoms with E-state index in [4.69, 9.17) is 16.7 Å². The van der Waals surface area contributed by atoms with E-state index in [1.807, 2.05) is 38.7 Å². The van der Waals surface area contributed by atoms with Crippen LogP contribution in [0.15, 0.2) is 45.7 Å². The number of hydrogen-bond acceptors (Lipinski definition) is 7. The topological polar surface area (TPSA) is 118 Å². The molecule has 190 valence electrons. The lowest BCUT2D eigenvalue weighted by Crippen LogP contribution is -2.12. The van der Waals surface area contributed by atoms with Crippen LogP contribution in [0.4, 0.5) is 5.69 Å². The van der Waals surface area contributed by atoms with Gasteiger partial charge in [0.2, 0.25) is 0 Å². The fraction of sp³-hybridized carbons (Fsp3) is 0.407. The summed E-state index contributed by atoms with van der Waals surface area (Å²) >= 11 is 1.70. The zero-order chi connectivity index (χ0) is 26.7. The number of hydrogen-bond donors (Lipinski definition) is 2. The van der Waals surface area contributed by atoms with Crippen LogP contribution in [0, 0.1) is 18.2 Å². The van der Waals surface area contributed by atoms with E-state index in [9.17, 15) is 0 Å². The van der Waals surface area contributed by atoms with Crippen molar-refractivity contribution < 1.29 is 0 Å². The molecular weight excluding hydrogens is 465 g/mol. The van der Waals surface area contributed by atoms with Gasteiger partial charge in [0.1, 0.15) is 4.83 Å². The van der Waals surface area contributed by atoms with Crippen molar-refractivity contribution >= 4 is 46.4 Å². The first kappa shape index (κ1) is 28.9. The Morgan fingerprint density at radius 1 is 1.17 bits per heavy atom. The average molecular weight is 504 g/mol. The third-order valence-corrected chi connectivity index (χ3v) is 7.10. The Morgan fingerprint density at radius 3 is 2.36 bits per heavy atom. The molecule has 1 fully saturated rings. The van der Waals surface area contributed by atoms with E-state index in [1.165, 1.54) is 29.5 Å². The van der Waals surface area contributed by atoms with Crippen molar-refractivity contribution in [1.29, 1.82) is 5.26 Å². The van der Waals surface area contributed by atoms with Crippen molar-refractivity contribution in [3.8, 4) is 16.4 Å². The minimum atomic E-state index is 0.392. The van der Waals surface area contributed by atoms with Gasteiger partial charge in [-0.15, -0.1) is 11.3 Å². The maximum absolute atomic E-state index is 8.44. The van der Waals surface area contributed by atoms with Crippen LogP contribution in [-0.4, -0.2) is 43.0 Å². The molecule has 1 saturated heterocycles. The number of allylic oxidation sites excluding steroid dienone is 2. The molecule has 0 aliphatic carbocycles. The van der Waals surface area contributed by atoms with Crippen molar-refractivity contribution in [2.45, 2.75) is 52.7 Å². The second-order valence-corrected chi connectivity index (χ2v) is 10.1. The molecule has 9 heteroatoms. The highest BCUT2D eigenvalue weighted by Crippen LogP contribution is 2.34. The minimum Gasteiger partial charge on any atom is -0.402 e. The molecule has 3 aromatic rings. The number of fused-ring (bicyclic) bond motifs is 1. The number of benzene rings is 1. The summed E-state index contributed by atoms with van der Waals surface area (Å²) in [5.41, 5.74) is 17.4. The van der Waals surface area contributed by atoms with Gasteiger partial charge in [-0.3, -0.25) is 14.7 Å². The summed E-state index contributed by atoms with van der Waals surface area (Å²) in [6, 6.07) is 6.37. The van der Waals surface area contributed by atoms with E-state index in [2.05, 4.69) is 39.3 Å². The van der Waals surface area contributed by atoms with Crippen LogP contribution in [0.25, 0.3) is 20.7 Å². The molecule has 0 saturated carbocycles. The Hall–Kier alpha value is -3.38. The normalized spacial score (nSPS) is 14.2. The fourth-order valence-electron chi connectivity index (χ4n) is 3.82. The zero-order valence-corrected chi connectivity index (χ0v) is 23.2. The molecule has 4 N–H and O–H groups in total. The molecule has 2 aromatic heterocycles. The monoisotopic (exact) mass is 503 g/mol. The van der Waals surface area contributed by atoms with Gasteiger partial charge < -0.3 is 11.5 Å². The lowest BCUT2D eigenvalue weighted by Gasteiger charge is -2.09. The third kappa shape index (κ3) is 8.38. The molecule has 0 radical (unpaired) electrons. The number of nitrogens with two attached hydrogens (primary N) is 2. The van der Waals surface area contributed by atoms with Crippen LogP contribution < -0.4 is 11.5 Å². The Bertz CT molecular complexity index is 1240. The molecule has 0 atom stereocenters. The fourth-order valence-corrected chi connectivity index (χ4v) is 4.85. The van der Waals surface area contributed by atoms with Crippen LogP contribution in [0.3, 0.4) is 0 Å². The number of nitriles is 1. The number of aliphatic imine (C=N–C) groups is 2. The van der Waals surface area contributed by atoms with Gasteiger partial charge in [-0.05, 0) is 55.7 Å². The summed E-state index contributed by atoms with van der Waals surface area (Å²) in [6.07, 6.45) is 11.8. The molecule has 1 aliphatic heterocycles. The summed E-state index contributed by atoms with van der Waals surface area (Å²) in [7, 11) is 5.42. The van der Waals surface area contributed by atoms with E-state index in [-0.39, 0.29) is 0 Å².